The average molecular weight is 1230 g/mol. The third kappa shape index (κ3) is 92.6. The second-order valence-corrected chi connectivity index (χ2v) is 17.9. The molecule has 2 fully saturated rings. The van der Waals surface area contributed by atoms with E-state index in [1.165, 1.54) is 19.6 Å². The van der Waals surface area contributed by atoms with Crippen LogP contribution in [-0.4, -0.2) is 280 Å². The zero-order valence-electron chi connectivity index (χ0n) is 34.6. The zero-order chi connectivity index (χ0) is 59.1. The molecule has 44 nitrogen and oxygen atoms in total. The van der Waals surface area contributed by atoms with Gasteiger partial charge in [0.05, 0.1) is 13.2 Å². The average Bonchev–Trinajstić information content (AvgIpc) is 3.28. The summed E-state index contributed by atoms with van der Waals surface area (Å²) in [6.45, 7) is 7.80. The first-order chi connectivity index (χ1) is 30.2. The van der Waals surface area contributed by atoms with Crippen LogP contribution >= 0.6 is 0 Å². The highest BCUT2D eigenvalue weighted by molar-refractivity contribution is 7.81. The molecule has 0 aliphatic carbocycles. The first-order valence-electron chi connectivity index (χ1n) is 15.7. The number of hydrogen-bond donors (Lipinski definition) is 24. The van der Waals surface area contributed by atoms with Crippen LogP contribution in [0, 0.1) is 0 Å². The fourth-order valence-corrected chi connectivity index (χ4v) is 3.30. The number of ether oxygens (including phenoxy) is 3. The molecule has 2 aliphatic rings. The number of nitrogens with zero attached hydrogens (tertiary/aromatic N) is 1. The van der Waals surface area contributed by atoms with Crippen molar-refractivity contribution < 1.29 is 195 Å². The Morgan fingerprint density at radius 1 is 0.400 bits per heavy atom. The number of rotatable bonds is 8. The van der Waals surface area contributed by atoms with Gasteiger partial charge in [0.25, 0.3) is 0 Å². The normalized spacial score (nSPS) is 24.5. The van der Waals surface area contributed by atoms with E-state index < -0.39 is 158 Å². The van der Waals surface area contributed by atoms with Gasteiger partial charge in [-0.1, -0.05) is 20.8 Å². The van der Waals surface area contributed by atoms with E-state index in [1.807, 2.05) is 0 Å². The Hall–Kier alpha value is -1.52. The fraction of sp³-hybridized carbons (Fsp3) is 1.00. The van der Waals surface area contributed by atoms with E-state index in [9.17, 15) is 30.6 Å². The van der Waals surface area contributed by atoms with Crippen LogP contribution in [-0.2, 0) is 97.4 Å². The molecule has 9 atom stereocenters. The maximum atomic E-state index is 10.00. The van der Waals surface area contributed by atoms with Crippen LogP contribution in [0.5, 0.6) is 0 Å². The van der Waals surface area contributed by atoms with E-state index in [1.54, 1.807) is 0 Å². The zero-order valence-corrected chi connectivity index (χ0v) is 41.1. The summed E-state index contributed by atoms with van der Waals surface area (Å²) in [6.07, 6.45) is -12.7. The van der Waals surface area contributed by atoms with Crippen molar-refractivity contribution in [2.24, 2.45) is 0 Å². The highest BCUT2D eigenvalue weighted by atomic mass is 32.3. The number of aliphatic hydroxyl groups is 8. The van der Waals surface area contributed by atoms with E-state index in [0.717, 1.165) is 0 Å². The minimum Gasteiger partial charge on any atom is -0.394 e. The molecule has 0 amide bonds. The molecule has 2 heterocycles. The second kappa shape index (κ2) is 38.1. The van der Waals surface area contributed by atoms with Gasteiger partial charge in [0.2, 0.25) is 5.79 Å². The molecule has 0 bridgehead atoms. The Balaban J connectivity index is -0.000000113. The van der Waals surface area contributed by atoms with Crippen LogP contribution in [0.3, 0.4) is 0 Å². The minimum absolute atomic E-state index is 0.669. The van der Waals surface area contributed by atoms with E-state index >= 15 is 0 Å². The topological polar surface area (TPSA) is 790 Å². The highest BCUT2D eigenvalue weighted by Crippen LogP contribution is 2.35. The molecule has 0 spiro atoms. The molecule has 2 saturated heterocycles. The molecular formula is C18H53NO43S8. The van der Waals surface area contributed by atoms with Crippen molar-refractivity contribution in [3.8, 4) is 0 Å². The van der Waals surface area contributed by atoms with Gasteiger partial charge in [-0.3, -0.25) is 72.8 Å². The molecule has 0 aromatic carbocycles. The van der Waals surface area contributed by atoms with Crippen molar-refractivity contribution in [2.75, 3.05) is 39.5 Å². The smallest absolute Gasteiger partial charge is 0.394 e. The molecule has 70 heavy (non-hydrogen) atoms. The van der Waals surface area contributed by atoms with Crippen molar-refractivity contribution in [2.45, 2.75) is 75.6 Å². The van der Waals surface area contributed by atoms with E-state index in [0.29, 0.717) is 0 Å². The molecule has 0 saturated carbocycles. The summed E-state index contributed by atoms with van der Waals surface area (Å²) in [5.74, 6) is -2.22. The predicted molar refractivity (Wildman–Crippen MR) is 216 cm³/mol. The summed E-state index contributed by atoms with van der Waals surface area (Å²) in [4.78, 5) is 2.38. The molecule has 2 rings (SSSR count). The lowest BCUT2D eigenvalue weighted by Gasteiger charge is -2.43. The Morgan fingerprint density at radius 2 is 0.629 bits per heavy atom. The van der Waals surface area contributed by atoms with E-state index in [-0.39, 0.29) is 0 Å². The summed E-state index contributed by atoms with van der Waals surface area (Å²) in [6, 6.07) is 0. The lowest BCUT2D eigenvalue weighted by molar-refractivity contribution is -0.383. The van der Waals surface area contributed by atoms with Crippen molar-refractivity contribution in [1.82, 2.24) is 4.90 Å². The van der Waals surface area contributed by atoms with Gasteiger partial charge in [0.1, 0.15) is 49.3 Å². The van der Waals surface area contributed by atoms with Crippen LogP contribution in [0.1, 0.15) is 20.8 Å². The van der Waals surface area contributed by atoms with E-state index in [4.69, 9.17) is 165 Å². The third-order valence-corrected chi connectivity index (χ3v) is 5.41. The molecule has 24 N–H and O–H groups in total. The van der Waals surface area contributed by atoms with Crippen LogP contribution in [0.25, 0.3) is 0 Å². The molecule has 52 heteroatoms. The summed E-state index contributed by atoms with van der Waals surface area (Å²) in [7, 11) is -37.3. The van der Waals surface area contributed by atoms with E-state index in [2.05, 4.69) is 25.7 Å². The van der Waals surface area contributed by atoms with Crippen LogP contribution in [0.15, 0.2) is 0 Å². The Labute approximate surface area is 396 Å². The van der Waals surface area contributed by atoms with Crippen LogP contribution < -0.4 is 0 Å². The molecule has 0 aromatic rings. The van der Waals surface area contributed by atoms with Gasteiger partial charge < -0.3 is 60.0 Å². The number of aliphatic hydroxyl groups excluding tert-OH is 8. The second-order valence-electron chi connectivity index (χ2n) is 10.8. The molecule has 0 unspecified atom stereocenters. The Morgan fingerprint density at radius 3 is 0.786 bits per heavy atom. The maximum Gasteiger partial charge on any atom is 0.394 e. The van der Waals surface area contributed by atoms with Gasteiger partial charge in [-0.25, -0.2) is 0 Å². The minimum atomic E-state index is -4.67. The summed E-state index contributed by atoms with van der Waals surface area (Å²) in [5, 5.41) is 76.7. The van der Waals surface area contributed by atoms with Crippen molar-refractivity contribution in [1.29, 1.82) is 0 Å². The molecule has 0 aromatic heterocycles. The summed E-state index contributed by atoms with van der Waals surface area (Å²) in [5.41, 5.74) is 0. The fourth-order valence-electron chi connectivity index (χ4n) is 3.30. The monoisotopic (exact) mass is 1230 g/mol. The van der Waals surface area contributed by atoms with Gasteiger partial charge in [0, 0.05) is 0 Å². The third-order valence-electron chi connectivity index (χ3n) is 5.41. The largest absolute Gasteiger partial charge is 0.394 e. The van der Waals surface area contributed by atoms with Crippen LogP contribution in [0.4, 0.5) is 0 Å². The molecular weight excluding hydrogens is 1170 g/mol. The maximum absolute atomic E-state index is 10.00. The summed E-state index contributed by atoms with van der Waals surface area (Å²) >= 11 is 0. The predicted octanol–water partition coefficient (Wildman–Crippen LogP) is -9.27. The van der Waals surface area contributed by atoms with Crippen molar-refractivity contribution in [3.05, 3.63) is 0 Å². The molecule has 436 valence electrons. The van der Waals surface area contributed by atoms with Gasteiger partial charge >= 0.3 is 83.2 Å². The first kappa shape index (κ1) is 85.2. The lowest BCUT2D eigenvalue weighted by atomic mass is 9.99. The van der Waals surface area contributed by atoms with Crippen molar-refractivity contribution in [3.63, 3.8) is 0 Å². The van der Waals surface area contributed by atoms with Gasteiger partial charge in [-0.15, -0.1) is 0 Å². The van der Waals surface area contributed by atoms with Gasteiger partial charge in [-0.05, 0) is 19.6 Å². The van der Waals surface area contributed by atoms with Crippen molar-refractivity contribution >= 4 is 83.2 Å². The number of hydrogen-bond acceptors (Lipinski definition) is 28. The molecule has 0 radical (unpaired) electrons. The SMILES string of the molecule is CCN(CC)CC.O=S(=O)(O)O.O=S(=O)(O)O.O=S(=O)(O)O.O=S(=O)(O)O.O=S(=O)(O)O.O=S(=O)(O)O.O=S(=O)(O)O.O=S(=O)(O)O.OC[C@H]1O[C@@](CO)(O[C@H]2O[C@H](CO)[C@@H](O)[C@H](O)[C@H]2O)[C@@H](O)[C@@H]1O. The standard InChI is InChI=1S/C12H22O11.C6H15N.8H2O4S/c13-1-4-6(16)8(18)9(19)11(21-4)23-12(3-15)10(20)7(17)5(2-14)22-12;1-4-7(5-2)6-3;8*1-5(2,3)4/h4-11,13-20H,1-3H2;4-6H2,1-3H3;8*(H2,1,2,3,4)/t4-,5-,6-,7-,8+,9-,10+,11-,12+;;;;;;;;;/m1........./s1. The summed E-state index contributed by atoms with van der Waals surface area (Å²) < 4.78 is 268. The van der Waals surface area contributed by atoms with Gasteiger partial charge in [0.15, 0.2) is 6.29 Å². The Bertz CT molecular complexity index is 1830. The molecule has 2 aliphatic heterocycles. The Kier molecular flexibility index (Phi) is 46.4. The first-order valence-corrected chi connectivity index (χ1v) is 26.9. The lowest BCUT2D eigenvalue weighted by Crippen LogP contribution is -2.62. The quantitative estimate of drug-likeness (QED) is 0.100. The highest BCUT2D eigenvalue weighted by Gasteiger charge is 2.58. The van der Waals surface area contributed by atoms with Crippen LogP contribution in [0.2, 0.25) is 0 Å². The van der Waals surface area contributed by atoms with Gasteiger partial charge in [-0.2, -0.15) is 67.3 Å².